The number of anilines is 1. The summed E-state index contributed by atoms with van der Waals surface area (Å²) in [7, 11) is 0. The Morgan fingerprint density at radius 3 is 2.69 bits per heavy atom. The predicted molar refractivity (Wildman–Crippen MR) is 132 cm³/mol. The SMILES string of the molecule is CC(C)CCSc1nc2c(c(=O)[nH]1)C(c1cccc(Cl)c1Cl)C1=C(CC(C)(C)CC1=O)N2. The lowest BCUT2D eigenvalue weighted by molar-refractivity contribution is -0.118. The number of nitrogens with one attached hydrogen (secondary N) is 2. The number of H-pyrrole nitrogens is 1. The van der Waals surface area contributed by atoms with E-state index in [1.54, 1.807) is 12.1 Å². The third-order valence-corrected chi connectivity index (χ3v) is 7.67. The Bertz CT molecular complexity index is 1170. The molecule has 32 heavy (non-hydrogen) atoms. The standard InChI is InChI=1S/C24H27Cl2N3O2S/c1-12(2)8-9-32-23-28-21-19(22(31)29-23)17(13-6-5-7-14(25)20(13)26)18-15(27-21)10-24(3,4)11-16(18)30/h5-7,12,17H,8-11H2,1-4H3,(H2,27,28,29,31). The summed E-state index contributed by atoms with van der Waals surface area (Å²) >= 11 is 14.4. The molecule has 1 unspecified atom stereocenters. The van der Waals surface area contributed by atoms with Crippen molar-refractivity contribution in [2.75, 3.05) is 11.1 Å². The second-order valence-corrected chi connectivity index (χ2v) is 11.6. The summed E-state index contributed by atoms with van der Waals surface area (Å²) in [6.45, 7) is 8.48. The summed E-state index contributed by atoms with van der Waals surface area (Å²) < 4.78 is 0. The smallest absolute Gasteiger partial charge is 0.257 e. The normalized spacial score (nSPS) is 19.6. The van der Waals surface area contributed by atoms with Crippen LogP contribution >= 0.6 is 35.0 Å². The molecule has 2 aromatic rings. The Kier molecular flexibility index (Phi) is 6.49. The Morgan fingerprint density at radius 2 is 1.97 bits per heavy atom. The highest BCUT2D eigenvalue weighted by molar-refractivity contribution is 7.99. The molecule has 1 atom stereocenters. The van der Waals surface area contributed by atoms with E-state index in [0.717, 1.165) is 17.9 Å². The van der Waals surface area contributed by atoms with Crippen molar-refractivity contribution in [2.45, 2.75) is 58.0 Å². The molecule has 1 aromatic heterocycles. The molecule has 0 amide bonds. The number of thioether (sulfide) groups is 1. The van der Waals surface area contributed by atoms with Crippen molar-refractivity contribution in [1.29, 1.82) is 0 Å². The number of Topliss-reactive ketones (excluding diaryl/α,β-unsaturated/α-hetero) is 1. The number of carbonyl (C=O) groups excluding carboxylic acids is 1. The number of aromatic nitrogens is 2. The number of ketones is 1. The lowest BCUT2D eigenvalue weighted by Gasteiger charge is -2.38. The van der Waals surface area contributed by atoms with E-state index >= 15 is 0 Å². The number of rotatable bonds is 5. The minimum atomic E-state index is -0.609. The predicted octanol–water partition coefficient (Wildman–Crippen LogP) is 6.42. The molecule has 0 saturated heterocycles. The van der Waals surface area contributed by atoms with Crippen molar-refractivity contribution < 1.29 is 4.79 Å². The largest absolute Gasteiger partial charge is 0.343 e. The molecule has 2 heterocycles. The number of nitrogens with zero attached hydrogens (tertiary/aromatic N) is 1. The number of carbonyl (C=O) groups is 1. The van der Waals surface area contributed by atoms with Crippen LogP contribution in [0.2, 0.25) is 10.0 Å². The first-order valence-electron chi connectivity index (χ1n) is 10.8. The van der Waals surface area contributed by atoms with E-state index in [9.17, 15) is 9.59 Å². The first-order chi connectivity index (χ1) is 15.1. The molecule has 1 aliphatic heterocycles. The van der Waals surface area contributed by atoms with Gasteiger partial charge >= 0.3 is 0 Å². The van der Waals surface area contributed by atoms with E-state index in [1.165, 1.54) is 11.8 Å². The molecule has 0 saturated carbocycles. The van der Waals surface area contributed by atoms with Crippen molar-refractivity contribution in [3.63, 3.8) is 0 Å². The number of hydrogen-bond acceptors (Lipinski definition) is 5. The molecule has 0 bridgehead atoms. The van der Waals surface area contributed by atoms with Crippen LogP contribution in [-0.2, 0) is 4.79 Å². The van der Waals surface area contributed by atoms with E-state index in [2.05, 4.69) is 38.0 Å². The second kappa shape index (κ2) is 8.88. The van der Waals surface area contributed by atoms with E-state index in [-0.39, 0.29) is 16.8 Å². The lowest BCUT2D eigenvalue weighted by Crippen LogP contribution is -2.37. The van der Waals surface area contributed by atoms with Crippen molar-refractivity contribution in [2.24, 2.45) is 11.3 Å². The van der Waals surface area contributed by atoms with Crippen LogP contribution < -0.4 is 10.9 Å². The van der Waals surface area contributed by atoms with Crippen LogP contribution in [-0.4, -0.2) is 21.5 Å². The Hall–Kier alpha value is -1.76. The first kappa shape index (κ1) is 23.4. The van der Waals surface area contributed by atoms with Gasteiger partial charge in [0.1, 0.15) is 5.82 Å². The minimum absolute atomic E-state index is 0.0187. The van der Waals surface area contributed by atoms with Gasteiger partial charge in [-0.05, 0) is 35.8 Å². The number of fused-ring (bicyclic) bond motifs is 1. The van der Waals surface area contributed by atoms with Gasteiger partial charge in [-0.1, -0.05) is 74.8 Å². The van der Waals surface area contributed by atoms with Crippen LogP contribution in [0.4, 0.5) is 5.82 Å². The molecule has 2 aliphatic rings. The lowest BCUT2D eigenvalue weighted by atomic mass is 9.69. The van der Waals surface area contributed by atoms with Crippen LogP contribution in [0.3, 0.4) is 0 Å². The fourth-order valence-electron chi connectivity index (χ4n) is 4.41. The third-order valence-electron chi connectivity index (χ3n) is 5.93. The molecule has 0 spiro atoms. The third kappa shape index (κ3) is 4.50. The van der Waals surface area contributed by atoms with Crippen LogP contribution in [0.5, 0.6) is 0 Å². The summed E-state index contributed by atoms with van der Waals surface area (Å²) in [4.78, 5) is 34.3. The van der Waals surface area contributed by atoms with Crippen molar-refractivity contribution in [3.05, 3.63) is 61.0 Å². The maximum absolute atomic E-state index is 13.3. The highest BCUT2D eigenvalue weighted by atomic mass is 35.5. The fraction of sp³-hybridized carbons (Fsp3) is 0.458. The van der Waals surface area contributed by atoms with Gasteiger partial charge < -0.3 is 10.3 Å². The Labute approximate surface area is 202 Å². The van der Waals surface area contributed by atoms with Gasteiger partial charge in [-0.2, -0.15) is 0 Å². The van der Waals surface area contributed by atoms with Crippen LogP contribution in [0, 0.1) is 11.3 Å². The molecular weight excluding hydrogens is 465 g/mol. The summed E-state index contributed by atoms with van der Waals surface area (Å²) in [6, 6.07) is 5.32. The van der Waals surface area contributed by atoms with Crippen molar-refractivity contribution >= 4 is 46.6 Å². The summed E-state index contributed by atoms with van der Waals surface area (Å²) in [5.41, 5.74) is 2.02. The van der Waals surface area contributed by atoms with Crippen molar-refractivity contribution in [1.82, 2.24) is 9.97 Å². The number of allylic oxidation sites excluding steroid dienone is 2. The second-order valence-electron chi connectivity index (χ2n) is 9.70. The van der Waals surface area contributed by atoms with Crippen LogP contribution in [0.15, 0.2) is 39.4 Å². The zero-order valence-electron chi connectivity index (χ0n) is 18.6. The highest BCUT2D eigenvalue weighted by Crippen LogP contribution is 2.49. The molecule has 1 aliphatic carbocycles. The Balaban J connectivity index is 1.87. The zero-order chi connectivity index (χ0) is 23.2. The monoisotopic (exact) mass is 491 g/mol. The number of hydrogen-bond donors (Lipinski definition) is 2. The van der Waals surface area contributed by atoms with Gasteiger partial charge in [0.05, 0.1) is 15.6 Å². The highest BCUT2D eigenvalue weighted by Gasteiger charge is 2.43. The first-order valence-corrected chi connectivity index (χ1v) is 12.6. The number of aromatic amines is 1. The number of benzene rings is 1. The average Bonchev–Trinajstić information content (AvgIpc) is 2.67. The zero-order valence-corrected chi connectivity index (χ0v) is 21.0. The molecule has 0 radical (unpaired) electrons. The van der Waals surface area contributed by atoms with Gasteiger partial charge in [0.15, 0.2) is 10.9 Å². The molecule has 8 heteroatoms. The van der Waals surface area contributed by atoms with Crippen molar-refractivity contribution in [3.8, 4) is 0 Å². The molecule has 170 valence electrons. The topological polar surface area (TPSA) is 74.8 Å². The Morgan fingerprint density at radius 1 is 1.22 bits per heavy atom. The summed E-state index contributed by atoms with van der Waals surface area (Å²) in [5.74, 6) is 1.34. The maximum atomic E-state index is 13.3. The van der Waals surface area contributed by atoms with Gasteiger partial charge in [0, 0.05) is 29.4 Å². The van der Waals surface area contributed by atoms with E-state index in [1.807, 2.05) is 6.07 Å². The van der Waals surface area contributed by atoms with Crippen LogP contribution in [0.25, 0.3) is 0 Å². The summed E-state index contributed by atoms with van der Waals surface area (Å²) in [6.07, 6.45) is 2.12. The molecule has 0 fully saturated rings. The van der Waals surface area contributed by atoms with E-state index in [0.29, 0.717) is 56.5 Å². The molecule has 4 rings (SSSR count). The maximum Gasteiger partial charge on any atom is 0.257 e. The van der Waals surface area contributed by atoms with Gasteiger partial charge in [0.2, 0.25) is 0 Å². The number of halogens is 2. The van der Waals surface area contributed by atoms with Gasteiger partial charge in [0.25, 0.3) is 5.56 Å². The summed E-state index contributed by atoms with van der Waals surface area (Å²) in [5, 5.41) is 4.65. The quantitative estimate of drug-likeness (QED) is 0.372. The average molecular weight is 492 g/mol. The molecule has 1 aromatic carbocycles. The molecule has 5 nitrogen and oxygen atoms in total. The fourth-order valence-corrected chi connectivity index (χ4v) is 5.93. The van der Waals surface area contributed by atoms with Gasteiger partial charge in [-0.15, -0.1) is 0 Å². The van der Waals surface area contributed by atoms with E-state index in [4.69, 9.17) is 28.2 Å². The van der Waals surface area contributed by atoms with Crippen LogP contribution in [0.1, 0.15) is 64.0 Å². The van der Waals surface area contributed by atoms with Gasteiger partial charge in [-0.3, -0.25) is 9.59 Å². The molecular formula is C24H27Cl2N3O2S. The minimum Gasteiger partial charge on any atom is -0.343 e. The molecule has 2 N–H and O–H groups in total. The van der Waals surface area contributed by atoms with E-state index < -0.39 is 5.92 Å². The van der Waals surface area contributed by atoms with Gasteiger partial charge in [-0.25, -0.2) is 4.98 Å².